The second kappa shape index (κ2) is 8.30. The van der Waals surface area contributed by atoms with Gasteiger partial charge in [0, 0.05) is 50.9 Å². The van der Waals surface area contributed by atoms with Crippen LogP contribution in [-0.4, -0.2) is 56.8 Å². The Kier molecular flexibility index (Phi) is 6.07. The van der Waals surface area contributed by atoms with Crippen LogP contribution in [0.4, 0.5) is 5.69 Å². The molecule has 3 rings (SSSR count). The molecule has 2 aliphatic heterocycles. The maximum absolute atomic E-state index is 12.2. The van der Waals surface area contributed by atoms with Gasteiger partial charge in [0.25, 0.3) is 0 Å². The van der Waals surface area contributed by atoms with E-state index in [1.54, 1.807) is 7.11 Å². The van der Waals surface area contributed by atoms with Crippen molar-refractivity contribution >= 4 is 11.7 Å². The van der Waals surface area contributed by atoms with Crippen LogP contribution in [0.3, 0.4) is 0 Å². The van der Waals surface area contributed by atoms with E-state index >= 15 is 0 Å². The third-order valence-corrected chi connectivity index (χ3v) is 6.24. The summed E-state index contributed by atoms with van der Waals surface area (Å²) in [5, 5.41) is 0. The summed E-state index contributed by atoms with van der Waals surface area (Å²) in [5.74, 6) is 0.929. The first-order chi connectivity index (χ1) is 12.6. The zero-order chi connectivity index (χ0) is 18.6. The van der Waals surface area contributed by atoms with Gasteiger partial charge in [0.2, 0.25) is 0 Å². The highest BCUT2D eigenvalue weighted by Crippen LogP contribution is 2.41. The van der Waals surface area contributed by atoms with Crippen LogP contribution in [0.5, 0.6) is 5.75 Å². The van der Waals surface area contributed by atoms with Crippen molar-refractivity contribution < 1.29 is 14.3 Å². The Bertz CT molecular complexity index is 607. The van der Waals surface area contributed by atoms with Crippen LogP contribution in [0.15, 0.2) is 24.3 Å². The minimum Gasteiger partial charge on any atom is -0.497 e. The molecule has 0 radical (unpaired) electrons. The molecule has 5 nitrogen and oxygen atoms in total. The molecule has 0 aliphatic carbocycles. The van der Waals surface area contributed by atoms with Crippen molar-refractivity contribution in [3.63, 3.8) is 0 Å². The van der Waals surface area contributed by atoms with Gasteiger partial charge in [-0.2, -0.15) is 0 Å². The van der Waals surface area contributed by atoms with E-state index in [4.69, 9.17) is 9.47 Å². The molecule has 1 aromatic rings. The normalized spacial score (nSPS) is 23.1. The molecule has 26 heavy (non-hydrogen) atoms. The molecular formula is C21H32N2O3. The number of methoxy groups -OCH3 is 1. The highest BCUT2D eigenvalue weighted by Gasteiger charge is 2.46. The summed E-state index contributed by atoms with van der Waals surface area (Å²) in [6.45, 7) is 9.34. The van der Waals surface area contributed by atoms with Crippen molar-refractivity contribution in [1.82, 2.24) is 4.90 Å². The van der Waals surface area contributed by atoms with Crippen LogP contribution in [-0.2, 0) is 9.53 Å². The molecule has 0 saturated carbocycles. The number of carbonyl (C=O) groups is 1. The maximum atomic E-state index is 12.2. The average molecular weight is 360 g/mol. The number of cyclic esters (lactones) is 1. The molecule has 0 aromatic heterocycles. The first kappa shape index (κ1) is 19.0. The summed E-state index contributed by atoms with van der Waals surface area (Å²) in [7, 11) is 1.71. The molecule has 0 amide bonds. The lowest BCUT2D eigenvalue weighted by molar-refractivity contribution is -0.149. The fourth-order valence-corrected chi connectivity index (χ4v) is 4.19. The number of ether oxygens (including phenoxy) is 2. The van der Waals surface area contributed by atoms with E-state index in [2.05, 4.69) is 35.8 Å². The fraction of sp³-hybridized carbons (Fsp3) is 0.667. The fourth-order valence-electron chi connectivity index (χ4n) is 4.19. The molecule has 2 heterocycles. The van der Waals surface area contributed by atoms with Crippen molar-refractivity contribution in [2.45, 2.75) is 45.6 Å². The lowest BCUT2D eigenvalue weighted by atomic mass is 9.79. The van der Waals surface area contributed by atoms with Crippen LogP contribution in [0.2, 0.25) is 0 Å². The summed E-state index contributed by atoms with van der Waals surface area (Å²) in [4.78, 5) is 17.1. The summed E-state index contributed by atoms with van der Waals surface area (Å²) in [5.41, 5.74) is 1.000. The number of nitrogens with zero attached hydrogens (tertiary/aromatic N) is 2. The third kappa shape index (κ3) is 3.98. The summed E-state index contributed by atoms with van der Waals surface area (Å²) >= 11 is 0. The first-order valence-corrected chi connectivity index (χ1v) is 9.92. The molecule has 0 N–H and O–H groups in total. The SMILES string of the molecule is CCC1(CC)C[C@H](CCN2CCN(c3cccc(OC)c3)CC2)OC1=O. The van der Waals surface area contributed by atoms with Gasteiger partial charge in [-0.3, -0.25) is 9.69 Å². The number of carbonyl (C=O) groups excluding carboxylic acids is 1. The molecule has 5 heteroatoms. The second-order valence-electron chi connectivity index (χ2n) is 7.54. The van der Waals surface area contributed by atoms with Gasteiger partial charge in [0.05, 0.1) is 12.5 Å². The van der Waals surface area contributed by atoms with Gasteiger partial charge in [-0.25, -0.2) is 0 Å². The summed E-state index contributed by atoms with van der Waals surface area (Å²) in [6.07, 6.45) is 3.71. The highest BCUT2D eigenvalue weighted by atomic mass is 16.6. The molecule has 2 saturated heterocycles. The standard InChI is InChI=1S/C21H32N2O3/c1-4-21(5-2)16-19(26-20(21)24)9-10-22-11-13-23(14-12-22)17-7-6-8-18(15-17)25-3/h6-8,15,19H,4-5,9-14,16H2,1-3H3/t19-/m0/s1. The predicted octanol–water partition coefficient (Wildman–Crippen LogP) is 3.33. The number of piperazine rings is 1. The average Bonchev–Trinajstić information content (AvgIpc) is 3.03. The lowest BCUT2D eigenvalue weighted by Crippen LogP contribution is -2.47. The maximum Gasteiger partial charge on any atom is 0.312 e. The minimum atomic E-state index is -0.226. The number of anilines is 1. The Morgan fingerprint density at radius 2 is 1.92 bits per heavy atom. The van der Waals surface area contributed by atoms with Gasteiger partial charge in [-0.05, 0) is 31.4 Å². The zero-order valence-electron chi connectivity index (χ0n) is 16.4. The van der Waals surface area contributed by atoms with E-state index < -0.39 is 0 Å². The van der Waals surface area contributed by atoms with E-state index in [1.165, 1.54) is 5.69 Å². The second-order valence-corrected chi connectivity index (χ2v) is 7.54. The number of hydrogen-bond donors (Lipinski definition) is 0. The van der Waals surface area contributed by atoms with Crippen LogP contribution in [0, 0.1) is 5.41 Å². The van der Waals surface area contributed by atoms with Crippen molar-refractivity contribution in [2.24, 2.45) is 5.41 Å². The monoisotopic (exact) mass is 360 g/mol. The highest BCUT2D eigenvalue weighted by molar-refractivity contribution is 5.78. The van der Waals surface area contributed by atoms with E-state index in [0.29, 0.717) is 0 Å². The van der Waals surface area contributed by atoms with Gasteiger partial charge in [0.1, 0.15) is 11.9 Å². The Balaban J connectivity index is 1.45. The number of benzene rings is 1. The van der Waals surface area contributed by atoms with E-state index in [0.717, 1.165) is 64.2 Å². The molecule has 2 aliphatic rings. The zero-order valence-corrected chi connectivity index (χ0v) is 16.4. The number of hydrogen-bond acceptors (Lipinski definition) is 5. The largest absolute Gasteiger partial charge is 0.497 e. The summed E-state index contributed by atoms with van der Waals surface area (Å²) < 4.78 is 11.0. The Labute approximate surface area is 157 Å². The minimum absolute atomic E-state index is 0.0235. The topological polar surface area (TPSA) is 42.0 Å². The van der Waals surface area contributed by atoms with Crippen LogP contribution in [0.25, 0.3) is 0 Å². The molecule has 2 fully saturated rings. The van der Waals surface area contributed by atoms with Crippen LogP contribution < -0.4 is 9.64 Å². The smallest absolute Gasteiger partial charge is 0.312 e. The third-order valence-electron chi connectivity index (χ3n) is 6.24. The van der Waals surface area contributed by atoms with Crippen LogP contribution in [0.1, 0.15) is 39.5 Å². The van der Waals surface area contributed by atoms with Crippen molar-refractivity contribution in [2.75, 3.05) is 44.7 Å². The Hall–Kier alpha value is -1.75. The molecule has 0 unspecified atom stereocenters. The van der Waals surface area contributed by atoms with Crippen molar-refractivity contribution in [3.05, 3.63) is 24.3 Å². The van der Waals surface area contributed by atoms with Gasteiger partial charge >= 0.3 is 5.97 Å². The molecule has 1 atom stereocenters. The Morgan fingerprint density at radius 3 is 2.54 bits per heavy atom. The van der Waals surface area contributed by atoms with Crippen molar-refractivity contribution in [1.29, 1.82) is 0 Å². The van der Waals surface area contributed by atoms with Gasteiger partial charge in [-0.1, -0.05) is 19.9 Å². The molecule has 144 valence electrons. The van der Waals surface area contributed by atoms with Gasteiger partial charge in [-0.15, -0.1) is 0 Å². The van der Waals surface area contributed by atoms with Gasteiger partial charge in [0.15, 0.2) is 0 Å². The first-order valence-electron chi connectivity index (χ1n) is 9.92. The number of esters is 1. The Morgan fingerprint density at radius 1 is 1.19 bits per heavy atom. The molecular weight excluding hydrogens is 328 g/mol. The van der Waals surface area contributed by atoms with Crippen LogP contribution >= 0.6 is 0 Å². The molecule has 0 bridgehead atoms. The molecule has 0 spiro atoms. The molecule has 1 aromatic carbocycles. The van der Waals surface area contributed by atoms with Crippen molar-refractivity contribution in [3.8, 4) is 5.75 Å². The quantitative estimate of drug-likeness (QED) is 0.698. The van der Waals surface area contributed by atoms with E-state index in [-0.39, 0.29) is 17.5 Å². The summed E-state index contributed by atoms with van der Waals surface area (Å²) in [6, 6.07) is 8.27. The lowest BCUT2D eigenvalue weighted by Gasteiger charge is -2.36. The van der Waals surface area contributed by atoms with E-state index in [1.807, 2.05) is 12.1 Å². The van der Waals surface area contributed by atoms with Gasteiger partial charge < -0.3 is 14.4 Å². The van der Waals surface area contributed by atoms with E-state index in [9.17, 15) is 4.79 Å². The number of rotatable bonds is 7. The predicted molar refractivity (Wildman–Crippen MR) is 104 cm³/mol.